The van der Waals surface area contributed by atoms with Crippen molar-refractivity contribution in [1.82, 2.24) is 5.32 Å². The van der Waals surface area contributed by atoms with Gasteiger partial charge >= 0.3 is 0 Å². The van der Waals surface area contributed by atoms with Gasteiger partial charge < -0.3 is 10.1 Å². The van der Waals surface area contributed by atoms with Gasteiger partial charge in [-0.1, -0.05) is 22.9 Å². The predicted octanol–water partition coefficient (Wildman–Crippen LogP) is 4.45. The van der Waals surface area contributed by atoms with Crippen molar-refractivity contribution >= 4 is 27.7 Å². The molecule has 0 bridgehead atoms. The molecule has 0 radical (unpaired) electrons. The fourth-order valence-electron chi connectivity index (χ4n) is 3.17. The molecule has 2 aliphatic rings. The van der Waals surface area contributed by atoms with Crippen LogP contribution in [0.25, 0.3) is 0 Å². The van der Waals surface area contributed by atoms with Crippen LogP contribution in [0.5, 0.6) is 5.75 Å². The van der Waals surface area contributed by atoms with Crippen molar-refractivity contribution in [2.45, 2.75) is 50.2 Å². The van der Waals surface area contributed by atoms with E-state index in [9.17, 15) is 0 Å². The fraction of sp³-hybridized carbons (Fsp3) is 0.625. The van der Waals surface area contributed by atoms with Crippen LogP contribution in [0.1, 0.15) is 49.9 Å². The second kappa shape index (κ2) is 5.54. The van der Waals surface area contributed by atoms with Crippen LogP contribution in [0.4, 0.5) is 0 Å². The Labute approximate surface area is 134 Å². The minimum Gasteiger partial charge on any atom is -0.493 e. The molecule has 1 N–H and O–H groups in total. The monoisotopic (exact) mass is 355 g/mol. The van der Waals surface area contributed by atoms with Gasteiger partial charge in [-0.05, 0) is 44.0 Å². The quantitative estimate of drug-likeness (QED) is 0.865. The van der Waals surface area contributed by atoms with Crippen molar-refractivity contribution in [3.63, 3.8) is 0 Å². The first-order chi connectivity index (χ1) is 9.54. The molecule has 1 unspecified atom stereocenters. The number of benzene rings is 1. The Kier molecular flexibility index (Phi) is 4.08. The molecule has 0 fully saturated rings. The molecule has 0 amide bonds. The number of ether oxygens (including phenoxy) is 1. The highest BCUT2D eigenvalue weighted by molar-refractivity contribution is 9.10. The van der Waals surface area contributed by atoms with E-state index in [2.05, 4.69) is 48.1 Å². The molecule has 4 heteroatoms. The molecule has 1 atom stereocenters. The smallest absolute Gasteiger partial charge is 0.127 e. The third-order valence-corrected chi connectivity index (χ3v) is 6.31. The van der Waals surface area contributed by atoms with Gasteiger partial charge in [0.05, 0.1) is 6.61 Å². The molecule has 1 aromatic carbocycles. The van der Waals surface area contributed by atoms with Gasteiger partial charge in [0, 0.05) is 33.0 Å². The number of halogens is 1. The molecule has 20 heavy (non-hydrogen) atoms. The van der Waals surface area contributed by atoms with Crippen molar-refractivity contribution in [3.8, 4) is 5.75 Å². The molecule has 1 aromatic rings. The van der Waals surface area contributed by atoms with E-state index in [1.54, 1.807) is 0 Å². The molecule has 2 heterocycles. The summed E-state index contributed by atoms with van der Waals surface area (Å²) in [4.78, 5) is 0. The van der Waals surface area contributed by atoms with Crippen LogP contribution in [-0.4, -0.2) is 17.9 Å². The highest BCUT2D eigenvalue weighted by Crippen LogP contribution is 2.52. The van der Waals surface area contributed by atoms with Gasteiger partial charge in [-0.25, -0.2) is 0 Å². The first kappa shape index (κ1) is 14.7. The average molecular weight is 356 g/mol. The van der Waals surface area contributed by atoms with Gasteiger partial charge in [0.1, 0.15) is 5.75 Å². The molecule has 2 nitrogen and oxygen atoms in total. The highest BCUT2D eigenvalue weighted by atomic mass is 79.9. The zero-order chi connectivity index (χ0) is 14.3. The van der Waals surface area contributed by atoms with Crippen molar-refractivity contribution in [1.29, 1.82) is 0 Å². The van der Waals surface area contributed by atoms with E-state index >= 15 is 0 Å². The average Bonchev–Trinajstić information content (AvgIpc) is 2.85. The minimum absolute atomic E-state index is 0.206. The van der Waals surface area contributed by atoms with Gasteiger partial charge in [0.15, 0.2) is 0 Å². The number of hydrogen-bond donors (Lipinski definition) is 1. The lowest BCUT2D eigenvalue weighted by Gasteiger charge is -2.41. The van der Waals surface area contributed by atoms with Crippen LogP contribution < -0.4 is 10.1 Å². The minimum atomic E-state index is 0.206. The molecule has 0 aromatic heterocycles. The maximum absolute atomic E-state index is 5.91. The fourth-order valence-corrected chi connectivity index (χ4v) is 5.08. The number of thioether (sulfide) groups is 1. The third kappa shape index (κ3) is 2.40. The number of hydrogen-bond acceptors (Lipinski definition) is 3. The lowest BCUT2D eigenvalue weighted by molar-refractivity contribution is 0.351. The zero-order valence-electron chi connectivity index (χ0n) is 12.4. The molecular weight excluding hydrogens is 334 g/mol. The Hall–Kier alpha value is -0.190. The standard InChI is InChI=1S/C16H22BrNOS/c1-4-6-18-15-13-11(9-20-16(15,2)3)14-10(5-7-19-14)8-12(13)17/h8,15,18H,4-7,9H2,1-3H3. The van der Waals surface area contributed by atoms with E-state index in [0.717, 1.165) is 37.5 Å². The Morgan fingerprint density at radius 3 is 3.05 bits per heavy atom. The summed E-state index contributed by atoms with van der Waals surface area (Å²) in [5.74, 6) is 2.21. The summed E-state index contributed by atoms with van der Waals surface area (Å²) in [5, 5.41) is 3.74. The largest absolute Gasteiger partial charge is 0.493 e. The van der Waals surface area contributed by atoms with Crippen LogP contribution >= 0.6 is 27.7 Å². The topological polar surface area (TPSA) is 21.3 Å². The van der Waals surface area contributed by atoms with E-state index in [0.29, 0.717) is 6.04 Å². The summed E-state index contributed by atoms with van der Waals surface area (Å²) in [5.41, 5.74) is 4.19. The van der Waals surface area contributed by atoms with Gasteiger partial charge in [-0.3, -0.25) is 0 Å². The molecule has 0 spiro atoms. The second-order valence-corrected chi connectivity index (χ2v) is 8.60. The second-order valence-electron chi connectivity index (χ2n) is 6.12. The van der Waals surface area contributed by atoms with Crippen molar-refractivity contribution in [2.24, 2.45) is 0 Å². The maximum Gasteiger partial charge on any atom is 0.127 e. The Morgan fingerprint density at radius 1 is 1.50 bits per heavy atom. The predicted molar refractivity (Wildman–Crippen MR) is 89.7 cm³/mol. The van der Waals surface area contributed by atoms with Gasteiger partial charge in [-0.15, -0.1) is 11.8 Å². The van der Waals surface area contributed by atoms with Gasteiger partial charge in [-0.2, -0.15) is 0 Å². The van der Waals surface area contributed by atoms with E-state index in [1.807, 2.05) is 11.8 Å². The van der Waals surface area contributed by atoms with Crippen LogP contribution in [-0.2, 0) is 12.2 Å². The molecule has 0 saturated heterocycles. The molecule has 2 aliphatic heterocycles. The van der Waals surface area contributed by atoms with Gasteiger partial charge in [0.2, 0.25) is 0 Å². The Balaban J connectivity index is 2.09. The summed E-state index contributed by atoms with van der Waals surface area (Å²) >= 11 is 5.85. The summed E-state index contributed by atoms with van der Waals surface area (Å²) in [6.45, 7) is 8.79. The van der Waals surface area contributed by atoms with Crippen LogP contribution in [0.15, 0.2) is 10.5 Å². The zero-order valence-corrected chi connectivity index (χ0v) is 14.8. The number of rotatable bonds is 3. The summed E-state index contributed by atoms with van der Waals surface area (Å²) in [6, 6.07) is 2.65. The van der Waals surface area contributed by atoms with Crippen LogP contribution in [0.2, 0.25) is 0 Å². The normalized spacial score (nSPS) is 23.1. The maximum atomic E-state index is 5.91. The van der Waals surface area contributed by atoms with Gasteiger partial charge in [0.25, 0.3) is 0 Å². The highest BCUT2D eigenvalue weighted by Gasteiger charge is 2.40. The van der Waals surface area contributed by atoms with Crippen LogP contribution in [0.3, 0.4) is 0 Å². The molecule has 110 valence electrons. The SMILES string of the molecule is CCCNC1c2c(Br)cc3c(c2CSC1(C)C)OCC3. The molecule has 0 aliphatic carbocycles. The first-order valence-electron chi connectivity index (χ1n) is 7.39. The van der Waals surface area contributed by atoms with E-state index < -0.39 is 0 Å². The Morgan fingerprint density at radius 2 is 2.30 bits per heavy atom. The molecule has 3 rings (SSSR count). The number of fused-ring (bicyclic) bond motifs is 3. The van der Waals surface area contributed by atoms with Crippen LogP contribution in [0, 0.1) is 0 Å². The van der Waals surface area contributed by atoms with Crippen molar-refractivity contribution < 1.29 is 4.74 Å². The summed E-state index contributed by atoms with van der Waals surface area (Å²) in [7, 11) is 0. The third-order valence-electron chi connectivity index (χ3n) is 4.24. The van der Waals surface area contributed by atoms with E-state index in [4.69, 9.17) is 4.74 Å². The molecular formula is C16H22BrNOS. The van der Waals surface area contributed by atoms with Crippen molar-refractivity contribution in [3.05, 3.63) is 27.2 Å². The molecule has 0 saturated carbocycles. The summed E-state index contributed by atoms with van der Waals surface area (Å²) in [6.07, 6.45) is 2.20. The lowest BCUT2D eigenvalue weighted by Crippen LogP contribution is -2.40. The Bertz CT molecular complexity index is 530. The van der Waals surface area contributed by atoms with Crippen molar-refractivity contribution in [2.75, 3.05) is 13.2 Å². The number of nitrogens with one attached hydrogen (secondary N) is 1. The first-order valence-corrected chi connectivity index (χ1v) is 9.16. The summed E-state index contributed by atoms with van der Waals surface area (Å²) < 4.78 is 7.37. The van der Waals surface area contributed by atoms with E-state index in [1.165, 1.54) is 21.2 Å². The van der Waals surface area contributed by atoms with E-state index in [-0.39, 0.29) is 4.75 Å². The lowest BCUT2D eigenvalue weighted by atomic mass is 9.89.